The van der Waals surface area contributed by atoms with Crippen LogP contribution >= 0.6 is 0 Å². The van der Waals surface area contributed by atoms with Crippen molar-refractivity contribution in [2.75, 3.05) is 19.6 Å². The third-order valence-electron chi connectivity index (χ3n) is 5.10. The van der Waals surface area contributed by atoms with Crippen molar-refractivity contribution in [3.8, 4) is 0 Å². The molecule has 17 heavy (non-hydrogen) atoms. The Hall–Kier alpha value is -0.0800. The number of hydrogen-bond donors (Lipinski definition) is 1. The summed E-state index contributed by atoms with van der Waals surface area (Å²) in [6.07, 6.45) is 10.2. The highest BCUT2D eigenvalue weighted by molar-refractivity contribution is 4.90. The van der Waals surface area contributed by atoms with Crippen LogP contribution in [0.5, 0.6) is 0 Å². The molecule has 0 amide bonds. The maximum Gasteiger partial charge on any atom is 0.0209 e. The highest BCUT2D eigenvalue weighted by Crippen LogP contribution is 2.31. The first-order valence-corrected chi connectivity index (χ1v) is 7.79. The van der Waals surface area contributed by atoms with Gasteiger partial charge in [0.15, 0.2) is 0 Å². The van der Waals surface area contributed by atoms with Crippen LogP contribution in [0.2, 0.25) is 0 Å². The van der Waals surface area contributed by atoms with E-state index >= 15 is 0 Å². The number of likely N-dealkylation sites (tertiary alicyclic amines) is 1. The van der Waals surface area contributed by atoms with Gasteiger partial charge in [-0.1, -0.05) is 26.2 Å². The average Bonchev–Trinajstić information content (AvgIpc) is 3.02. The Balaban J connectivity index is 1.42. The molecule has 0 aromatic carbocycles. The summed E-state index contributed by atoms with van der Waals surface area (Å²) in [4.78, 5) is 2.73. The summed E-state index contributed by atoms with van der Waals surface area (Å²) in [6.45, 7) is 6.51. The largest absolute Gasteiger partial charge is 0.310 e. The lowest BCUT2D eigenvalue weighted by Gasteiger charge is -2.32. The lowest BCUT2D eigenvalue weighted by Crippen LogP contribution is -2.37. The molecule has 0 bridgehead atoms. The average molecular weight is 236 g/mol. The van der Waals surface area contributed by atoms with Gasteiger partial charge in [-0.05, 0) is 44.1 Å². The van der Waals surface area contributed by atoms with Crippen molar-refractivity contribution < 1.29 is 0 Å². The Labute approximate surface area is 106 Å². The van der Waals surface area contributed by atoms with Gasteiger partial charge in [0.2, 0.25) is 0 Å². The summed E-state index contributed by atoms with van der Waals surface area (Å²) in [5.41, 5.74) is 0. The van der Waals surface area contributed by atoms with Crippen LogP contribution < -0.4 is 5.32 Å². The number of hydrogen-bond acceptors (Lipinski definition) is 2. The van der Waals surface area contributed by atoms with Crippen molar-refractivity contribution in [3.05, 3.63) is 0 Å². The molecule has 2 saturated carbocycles. The fourth-order valence-electron chi connectivity index (χ4n) is 3.71. The van der Waals surface area contributed by atoms with E-state index in [0.29, 0.717) is 0 Å². The topological polar surface area (TPSA) is 15.3 Å². The predicted molar refractivity (Wildman–Crippen MR) is 72.1 cm³/mol. The highest BCUT2D eigenvalue weighted by Gasteiger charge is 2.31. The second-order valence-corrected chi connectivity index (χ2v) is 6.71. The van der Waals surface area contributed by atoms with Crippen LogP contribution in [0.25, 0.3) is 0 Å². The Morgan fingerprint density at radius 3 is 2.59 bits per heavy atom. The van der Waals surface area contributed by atoms with E-state index in [1.807, 2.05) is 0 Å². The monoisotopic (exact) mass is 236 g/mol. The van der Waals surface area contributed by atoms with Crippen LogP contribution in [0.3, 0.4) is 0 Å². The van der Waals surface area contributed by atoms with E-state index in [2.05, 4.69) is 17.1 Å². The van der Waals surface area contributed by atoms with E-state index in [4.69, 9.17) is 0 Å². The van der Waals surface area contributed by atoms with Gasteiger partial charge >= 0.3 is 0 Å². The Kier molecular flexibility index (Phi) is 3.72. The fourth-order valence-corrected chi connectivity index (χ4v) is 3.71. The molecular weight excluding hydrogens is 208 g/mol. The maximum absolute atomic E-state index is 3.79. The Morgan fingerprint density at radius 2 is 1.82 bits per heavy atom. The molecule has 0 aromatic rings. The molecular formula is C15H28N2. The van der Waals surface area contributed by atoms with Gasteiger partial charge in [-0.15, -0.1) is 0 Å². The quantitative estimate of drug-likeness (QED) is 0.807. The van der Waals surface area contributed by atoms with E-state index in [0.717, 1.165) is 23.9 Å². The maximum atomic E-state index is 3.79. The van der Waals surface area contributed by atoms with Crippen molar-refractivity contribution in [1.29, 1.82) is 0 Å². The molecule has 0 radical (unpaired) electrons. The lowest BCUT2D eigenvalue weighted by molar-refractivity contribution is 0.178. The molecule has 0 aromatic heterocycles. The van der Waals surface area contributed by atoms with Crippen molar-refractivity contribution in [3.63, 3.8) is 0 Å². The zero-order valence-corrected chi connectivity index (χ0v) is 11.3. The highest BCUT2D eigenvalue weighted by atomic mass is 15.2. The first-order chi connectivity index (χ1) is 8.31. The van der Waals surface area contributed by atoms with Gasteiger partial charge < -0.3 is 10.2 Å². The zero-order valence-electron chi connectivity index (χ0n) is 11.3. The van der Waals surface area contributed by atoms with Crippen molar-refractivity contribution >= 4 is 0 Å². The van der Waals surface area contributed by atoms with Gasteiger partial charge in [0, 0.05) is 25.2 Å². The molecule has 3 aliphatic rings. The molecule has 3 unspecified atom stereocenters. The van der Waals surface area contributed by atoms with Gasteiger partial charge in [-0.25, -0.2) is 0 Å². The third kappa shape index (κ3) is 3.23. The fraction of sp³-hybridized carbons (Fsp3) is 1.00. The van der Waals surface area contributed by atoms with Gasteiger partial charge in [-0.3, -0.25) is 0 Å². The minimum atomic E-state index is 0.807. The molecule has 3 rings (SSSR count). The first-order valence-electron chi connectivity index (χ1n) is 7.79. The summed E-state index contributed by atoms with van der Waals surface area (Å²) < 4.78 is 0. The van der Waals surface area contributed by atoms with Crippen molar-refractivity contribution in [2.24, 2.45) is 11.8 Å². The van der Waals surface area contributed by atoms with E-state index in [-0.39, 0.29) is 0 Å². The number of rotatable bonds is 4. The second-order valence-electron chi connectivity index (χ2n) is 6.71. The third-order valence-corrected chi connectivity index (χ3v) is 5.10. The summed E-state index contributed by atoms with van der Waals surface area (Å²) in [6, 6.07) is 1.69. The summed E-state index contributed by atoms with van der Waals surface area (Å²) in [7, 11) is 0. The van der Waals surface area contributed by atoms with E-state index in [1.165, 1.54) is 64.6 Å². The minimum absolute atomic E-state index is 0.807. The lowest BCUT2D eigenvalue weighted by atomic mass is 9.80. The second kappa shape index (κ2) is 5.27. The summed E-state index contributed by atoms with van der Waals surface area (Å²) >= 11 is 0. The molecule has 2 nitrogen and oxygen atoms in total. The van der Waals surface area contributed by atoms with Crippen LogP contribution in [0.1, 0.15) is 51.9 Å². The number of nitrogens with one attached hydrogen (secondary N) is 1. The molecule has 1 heterocycles. The van der Waals surface area contributed by atoms with Crippen molar-refractivity contribution in [2.45, 2.75) is 64.0 Å². The molecule has 0 spiro atoms. The minimum Gasteiger partial charge on any atom is -0.310 e. The van der Waals surface area contributed by atoms with Crippen LogP contribution in [0.4, 0.5) is 0 Å². The molecule has 1 N–H and O–H groups in total. The normalized spacial score (nSPS) is 39.7. The summed E-state index contributed by atoms with van der Waals surface area (Å²) in [5.74, 6) is 1.96. The van der Waals surface area contributed by atoms with Gasteiger partial charge in [0.25, 0.3) is 0 Å². The zero-order chi connectivity index (χ0) is 11.7. The van der Waals surface area contributed by atoms with Gasteiger partial charge in [-0.2, -0.15) is 0 Å². The van der Waals surface area contributed by atoms with Crippen LogP contribution in [-0.2, 0) is 0 Å². The van der Waals surface area contributed by atoms with Gasteiger partial charge in [0.1, 0.15) is 0 Å². The molecule has 3 fully saturated rings. The molecule has 2 aliphatic carbocycles. The predicted octanol–water partition coefficient (Wildman–Crippen LogP) is 2.64. The smallest absolute Gasteiger partial charge is 0.0209 e. The molecule has 98 valence electrons. The Bertz CT molecular complexity index is 249. The van der Waals surface area contributed by atoms with E-state index in [1.54, 1.807) is 0 Å². The standard InChI is InChI=1S/C15H28N2/c1-12-4-2-3-5-13(12)10-17-9-8-15(11-17)16-14-6-7-14/h12-16H,2-11H2,1H3. The summed E-state index contributed by atoms with van der Waals surface area (Å²) in [5, 5.41) is 3.79. The molecule has 1 saturated heterocycles. The SMILES string of the molecule is CC1CCCCC1CN1CCC(NC2CC2)C1. The van der Waals surface area contributed by atoms with Crippen LogP contribution in [-0.4, -0.2) is 36.6 Å². The van der Waals surface area contributed by atoms with Crippen molar-refractivity contribution in [1.82, 2.24) is 10.2 Å². The van der Waals surface area contributed by atoms with Crippen LogP contribution in [0, 0.1) is 11.8 Å². The number of nitrogens with zero attached hydrogens (tertiary/aromatic N) is 1. The van der Waals surface area contributed by atoms with Crippen LogP contribution in [0.15, 0.2) is 0 Å². The molecule has 2 heteroatoms. The van der Waals surface area contributed by atoms with E-state index in [9.17, 15) is 0 Å². The first kappa shape index (κ1) is 12.0. The van der Waals surface area contributed by atoms with E-state index < -0.39 is 0 Å². The molecule has 1 aliphatic heterocycles. The Morgan fingerprint density at radius 1 is 1.00 bits per heavy atom. The van der Waals surface area contributed by atoms with Gasteiger partial charge in [0.05, 0.1) is 0 Å². The molecule has 3 atom stereocenters.